The van der Waals surface area contributed by atoms with Gasteiger partial charge in [-0.05, 0) is 31.2 Å². The van der Waals surface area contributed by atoms with Gasteiger partial charge < -0.3 is 11.2 Å². The van der Waals surface area contributed by atoms with Crippen molar-refractivity contribution in [1.82, 2.24) is 20.2 Å². The van der Waals surface area contributed by atoms with E-state index in [-0.39, 0.29) is 11.2 Å². The van der Waals surface area contributed by atoms with Crippen molar-refractivity contribution < 1.29 is 4.79 Å². The van der Waals surface area contributed by atoms with Gasteiger partial charge in [0.05, 0.1) is 10.1 Å². The summed E-state index contributed by atoms with van der Waals surface area (Å²) in [6.07, 6.45) is 4.57. The highest BCUT2D eigenvalue weighted by Gasteiger charge is 2.23. The van der Waals surface area contributed by atoms with Crippen molar-refractivity contribution in [3.8, 4) is 10.7 Å². The molecule has 0 bridgehead atoms. The molecule has 0 radical (unpaired) electrons. The Balaban J connectivity index is 1.64. The molecule has 2 aromatic rings. The summed E-state index contributed by atoms with van der Waals surface area (Å²) >= 11 is 2.89. The molecular weight excluding hydrogens is 318 g/mol. The van der Waals surface area contributed by atoms with Crippen LogP contribution in [0.25, 0.3) is 10.7 Å². The maximum absolute atomic E-state index is 12.2. The van der Waals surface area contributed by atoms with Gasteiger partial charge in [0.2, 0.25) is 11.1 Å². The molecule has 1 fully saturated rings. The second-order valence-corrected chi connectivity index (χ2v) is 7.66. The predicted molar refractivity (Wildman–Crippen MR) is 89.2 cm³/mol. The number of rotatable bonds is 5. The Morgan fingerprint density at radius 1 is 1.50 bits per heavy atom. The molecule has 6 nitrogen and oxygen atoms in total. The van der Waals surface area contributed by atoms with Crippen molar-refractivity contribution in [2.24, 2.45) is 0 Å². The van der Waals surface area contributed by atoms with Gasteiger partial charge in [0.15, 0.2) is 5.82 Å². The average molecular weight is 337 g/mol. The molecule has 1 aliphatic rings. The van der Waals surface area contributed by atoms with Crippen molar-refractivity contribution in [3.05, 3.63) is 17.5 Å². The lowest BCUT2D eigenvalue weighted by Crippen LogP contribution is -2.37. The molecule has 0 spiro atoms. The van der Waals surface area contributed by atoms with E-state index < -0.39 is 0 Å². The summed E-state index contributed by atoms with van der Waals surface area (Å²) < 4.78 is 1.45. The number of carbonyl (C=O) groups is 1. The molecule has 0 aliphatic heterocycles. The molecule has 2 heterocycles. The first-order valence-corrected chi connectivity index (χ1v) is 9.12. The Bertz CT molecular complexity index is 634. The van der Waals surface area contributed by atoms with Gasteiger partial charge in [0, 0.05) is 6.04 Å². The lowest BCUT2D eigenvalue weighted by Gasteiger charge is -2.15. The fourth-order valence-electron chi connectivity index (χ4n) is 2.53. The lowest BCUT2D eigenvalue weighted by atomic mass is 10.2. The summed E-state index contributed by atoms with van der Waals surface area (Å²) in [6.45, 7) is 1.87. The van der Waals surface area contributed by atoms with Crippen LogP contribution in [-0.2, 0) is 4.79 Å². The van der Waals surface area contributed by atoms with Crippen LogP contribution < -0.4 is 11.2 Å². The number of amides is 1. The Morgan fingerprint density at radius 3 is 2.95 bits per heavy atom. The highest BCUT2D eigenvalue weighted by Crippen LogP contribution is 2.27. The molecule has 1 amide bonds. The summed E-state index contributed by atoms with van der Waals surface area (Å²) in [5.74, 6) is 6.72. The molecule has 1 atom stereocenters. The number of hydrogen-bond donors (Lipinski definition) is 2. The van der Waals surface area contributed by atoms with Crippen LogP contribution in [0, 0.1) is 0 Å². The van der Waals surface area contributed by atoms with Crippen LogP contribution in [-0.4, -0.2) is 32.1 Å². The summed E-state index contributed by atoms with van der Waals surface area (Å²) in [4.78, 5) is 13.2. The van der Waals surface area contributed by atoms with Crippen LogP contribution in [0.15, 0.2) is 22.7 Å². The summed E-state index contributed by atoms with van der Waals surface area (Å²) in [7, 11) is 0. The molecule has 0 aromatic carbocycles. The third-order valence-electron chi connectivity index (χ3n) is 3.76. The molecular formula is C14H19N5OS2. The number of nitrogens with zero attached hydrogens (tertiary/aromatic N) is 3. The Kier molecular flexibility index (Phi) is 4.68. The summed E-state index contributed by atoms with van der Waals surface area (Å²) in [5, 5.41) is 13.6. The molecule has 22 heavy (non-hydrogen) atoms. The number of nitrogens with two attached hydrogens (primary N) is 1. The zero-order valence-corrected chi connectivity index (χ0v) is 14.0. The van der Waals surface area contributed by atoms with Crippen LogP contribution in [0.4, 0.5) is 0 Å². The average Bonchev–Trinajstić information content (AvgIpc) is 3.22. The van der Waals surface area contributed by atoms with E-state index in [1.165, 1.54) is 29.3 Å². The number of thiophene rings is 1. The first-order valence-electron chi connectivity index (χ1n) is 7.36. The Morgan fingerprint density at radius 2 is 2.27 bits per heavy atom. The van der Waals surface area contributed by atoms with E-state index in [0.29, 0.717) is 17.0 Å². The van der Waals surface area contributed by atoms with Crippen molar-refractivity contribution in [2.45, 2.75) is 49.1 Å². The molecule has 1 aliphatic carbocycles. The second kappa shape index (κ2) is 6.70. The number of thioether (sulfide) groups is 1. The number of nitrogens with one attached hydrogen (secondary N) is 1. The highest BCUT2D eigenvalue weighted by atomic mass is 32.2. The summed E-state index contributed by atoms with van der Waals surface area (Å²) in [6, 6.07) is 4.22. The Hall–Kier alpha value is -1.54. The number of nitrogen functional groups attached to an aromatic ring is 1. The standard InChI is InChI=1S/C14H19N5OS2/c1-9(13(20)16-10-5-2-3-6-10)22-14-18-17-12(19(14)15)11-7-4-8-21-11/h4,7-10H,2-3,5-6,15H2,1H3,(H,16,20)/t9-/m1/s1. The van der Waals surface area contributed by atoms with Gasteiger partial charge in [-0.1, -0.05) is 30.7 Å². The Labute approximate surface area is 137 Å². The normalized spacial score (nSPS) is 16.8. The molecule has 0 saturated heterocycles. The van der Waals surface area contributed by atoms with Crippen LogP contribution in [0.2, 0.25) is 0 Å². The van der Waals surface area contributed by atoms with Gasteiger partial charge in [-0.2, -0.15) is 0 Å². The highest BCUT2D eigenvalue weighted by molar-refractivity contribution is 8.00. The van der Waals surface area contributed by atoms with E-state index in [1.807, 2.05) is 24.4 Å². The lowest BCUT2D eigenvalue weighted by molar-refractivity contribution is -0.120. The molecule has 118 valence electrons. The van der Waals surface area contributed by atoms with Crippen LogP contribution in [0.1, 0.15) is 32.6 Å². The number of hydrogen-bond acceptors (Lipinski definition) is 6. The van der Waals surface area contributed by atoms with Crippen molar-refractivity contribution in [1.29, 1.82) is 0 Å². The molecule has 1 saturated carbocycles. The molecule has 8 heteroatoms. The third-order valence-corrected chi connectivity index (χ3v) is 5.68. The smallest absolute Gasteiger partial charge is 0.233 e. The van der Waals surface area contributed by atoms with Gasteiger partial charge >= 0.3 is 0 Å². The van der Waals surface area contributed by atoms with E-state index in [0.717, 1.165) is 17.7 Å². The van der Waals surface area contributed by atoms with Gasteiger partial charge in [-0.25, -0.2) is 4.68 Å². The SMILES string of the molecule is C[C@@H](Sc1nnc(-c2cccs2)n1N)C(=O)NC1CCCC1. The largest absolute Gasteiger partial charge is 0.352 e. The van der Waals surface area contributed by atoms with Crippen LogP contribution in [0.5, 0.6) is 0 Å². The topological polar surface area (TPSA) is 85.8 Å². The fourth-order valence-corrected chi connectivity index (χ4v) is 4.02. The molecule has 2 aromatic heterocycles. The van der Waals surface area contributed by atoms with Crippen LogP contribution >= 0.6 is 23.1 Å². The first-order chi connectivity index (χ1) is 10.6. The van der Waals surface area contributed by atoms with Gasteiger partial charge in [-0.15, -0.1) is 21.5 Å². The zero-order valence-electron chi connectivity index (χ0n) is 12.4. The summed E-state index contributed by atoms with van der Waals surface area (Å²) in [5.41, 5.74) is 0. The van der Waals surface area contributed by atoms with Gasteiger partial charge in [-0.3, -0.25) is 4.79 Å². The van der Waals surface area contributed by atoms with Crippen molar-refractivity contribution in [3.63, 3.8) is 0 Å². The molecule has 3 N–H and O–H groups in total. The van der Waals surface area contributed by atoms with Crippen molar-refractivity contribution >= 4 is 29.0 Å². The van der Waals surface area contributed by atoms with E-state index in [9.17, 15) is 4.79 Å². The fraction of sp³-hybridized carbons (Fsp3) is 0.500. The van der Waals surface area contributed by atoms with Gasteiger partial charge in [0.25, 0.3) is 0 Å². The van der Waals surface area contributed by atoms with E-state index in [2.05, 4.69) is 15.5 Å². The number of carbonyl (C=O) groups excluding carboxylic acids is 1. The minimum absolute atomic E-state index is 0.0394. The molecule has 3 rings (SSSR count). The van der Waals surface area contributed by atoms with Crippen LogP contribution in [0.3, 0.4) is 0 Å². The van der Waals surface area contributed by atoms with E-state index >= 15 is 0 Å². The third kappa shape index (κ3) is 3.27. The second-order valence-electron chi connectivity index (χ2n) is 5.40. The number of aromatic nitrogens is 3. The van der Waals surface area contributed by atoms with Crippen molar-refractivity contribution in [2.75, 3.05) is 5.84 Å². The maximum Gasteiger partial charge on any atom is 0.233 e. The first kappa shape index (κ1) is 15.4. The quantitative estimate of drug-likeness (QED) is 0.646. The van der Waals surface area contributed by atoms with E-state index in [1.54, 1.807) is 11.3 Å². The minimum atomic E-state index is -0.247. The molecule has 0 unspecified atom stereocenters. The van der Waals surface area contributed by atoms with E-state index in [4.69, 9.17) is 5.84 Å². The minimum Gasteiger partial charge on any atom is -0.352 e. The zero-order chi connectivity index (χ0) is 15.5. The maximum atomic E-state index is 12.2. The predicted octanol–water partition coefficient (Wildman–Crippen LogP) is 2.26. The monoisotopic (exact) mass is 337 g/mol. The van der Waals surface area contributed by atoms with Gasteiger partial charge in [0.1, 0.15) is 0 Å².